The van der Waals surface area contributed by atoms with Gasteiger partial charge < -0.3 is 15.8 Å². The Morgan fingerprint density at radius 2 is 1.68 bits per heavy atom. The Hall–Kier alpha value is -1.26. The highest BCUT2D eigenvalue weighted by Gasteiger charge is 2.39. The number of hydrogen-bond acceptors (Lipinski definition) is 3. The van der Waals surface area contributed by atoms with Crippen molar-refractivity contribution in [3.63, 3.8) is 0 Å². The molecule has 110 valence electrons. The van der Waals surface area contributed by atoms with Gasteiger partial charge in [-0.05, 0) is 38.0 Å². The normalized spacial score (nSPS) is 19.6. The van der Waals surface area contributed by atoms with E-state index in [1.165, 1.54) is 0 Å². The monoisotopic (exact) mass is 269 g/mol. The highest BCUT2D eigenvalue weighted by molar-refractivity contribution is 6.05. The summed E-state index contributed by atoms with van der Waals surface area (Å²) in [5, 5.41) is 11.7. The molecule has 1 aliphatic rings. The number of rotatable bonds is 2. The molecule has 1 amide bonds. The number of likely N-dealkylation sites (tertiary alicyclic amines) is 1. The van der Waals surface area contributed by atoms with E-state index in [4.69, 9.17) is 10.9 Å². The average Bonchev–Trinajstić information content (AvgIpc) is 2.35. The van der Waals surface area contributed by atoms with Crippen LogP contribution in [0.4, 0.5) is 0 Å². The number of carbonyl (C=O) groups excluding carboxylic acids is 1. The number of piperidine rings is 1. The molecule has 0 atom stereocenters. The Morgan fingerprint density at radius 1 is 1.21 bits per heavy atom. The zero-order valence-corrected chi connectivity index (χ0v) is 12.7. The van der Waals surface area contributed by atoms with Gasteiger partial charge in [0.05, 0.1) is 0 Å². The molecule has 1 saturated heterocycles. The number of amidine groups is 1. The van der Waals surface area contributed by atoms with Crippen LogP contribution in [0.15, 0.2) is 5.16 Å². The molecule has 0 radical (unpaired) electrons. The van der Waals surface area contributed by atoms with Crippen molar-refractivity contribution in [1.82, 2.24) is 4.90 Å². The molecule has 3 N–H and O–H groups in total. The SMILES string of the molecule is CC(C)(C(=O)N1CCC(C(C)(C)C)CC1)C(N)=NO. The van der Waals surface area contributed by atoms with Crippen LogP contribution in [0, 0.1) is 16.7 Å². The van der Waals surface area contributed by atoms with Crippen LogP contribution in [-0.4, -0.2) is 34.9 Å². The molecule has 1 aliphatic heterocycles. The van der Waals surface area contributed by atoms with Crippen LogP contribution in [-0.2, 0) is 4.79 Å². The topological polar surface area (TPSA) is 78.9 Å². The van der Waals surface area contributed by atoms with E-state index in [9.17, 15) is 4.79 Å². The van der Waals surface area contributed by atoms with Crippen LogP contribution in [0.25, 0.3) is 0 Å². The number of nitrogens with zero attached hydrogens (tertiary/aromatic N) is 2. The molecular weight excluding hydrogens is 242 g/mol. The minimum Gasteiger partial charge on any atom is -0.409 e. The van der Waals surface area contributed by atoms with Gasteiger partial charge in [-0.25, -0.2) is 0 Å². The third-order valence-electron chi connectivity index (χ3n) is 4.29. The van der Waals surface area contributed by atoms with Gasteiger partial charge in [0.2, 0.25) is 5.91 Å². The predicted molar refractivity (Wildman–Crippen MR) is 75.9 cm³/mol. The summed E-state index contributed by atoms with van der Waals surface area (Å²) in [5.74, 6) is 0.550. The minimum absolute atomic E-state index is 0.0320. The van der Waals surface area contributed by atoms with Crippen molar-refractivity contribution in [3.8, 4) is 0 Å². The molecule has 5 heteroatoms. The van der Waals surface area contributed by atoms with Gasteiger partial charge in [-0.2, -0.15) is 0 Å². The Bertz CT molecular complexity index is 361. The van der Waals surface area contributed by atoms with Crippen LogP contribution in [0.5, 0.6) is 0 Å². The lowest BCUT2D eigenvalue weighted by atomic mass is 9.75. The summed E-state index contributed by atoms with van der Waals surface area (Å²) in [5.41, 5.74) is 4.95. The lowest BCUT2D eigenvalue weighted by molar-refractivity contribution is -0.139. The third kappa shape index (κ3) is 3.39. The average molecular weight is 269 g/mol. The minimum atomic E-state index is -0.941. The van der Waals surface area contributed by atoms with Gasteiger partial charge in [0.15, 0.2) is 5.84 Å². The van der Waals surface area contributed by atoms with Gasteiger partial charge in [-0.1, -0.05) is 25.9 Å². The Labute approximate surface area is 115 Å². The first-order valence-electron chi connectivity index (χ1n) is 6.88. The molecule has 0 aromatic carbocycles. The van der Waals surface area contributed by atoms with E-state index in [0.29, 0.717) is 5.92 Å². The summed E-state index contributed by atoms with van der Waals surface area (Å²) < 4.78 is 0. The van der Waals surface area contributed by atoms with Crippen LogP contribution in [0.3, 0.4) is 0 Å². The first-order chi connectivity index (χ1) is 8.60. The zero-order valence-electron chi connectivity index (χ0n) is 12.7. The van der Waals surface area contributed by atoms with E-state index in [0.717, 1.165) is 25.9 Å². The fraction of sp³-hybridized carbons (Fsp3) is 0.857. The molecule has 0 spiro atoms. The molecule has 0 aromatic rings. The molecule has 1 fully saturated rings. The van der Waals surface area contributed by atoms with Crippen molar-refractivity contribution in [2.75, 3.05) is 13.1 Å². The second kappa shape index (κ2) is 5.39. The molecular formula is C14H27N3O2. The molecule has 0 bridgehead atoms. The van der Waals surface area contributed by atoms with Crippen LogP contribution >= 0.6 is 0 Å². The van der Waals surface area contributed by atoms with Crippen molar-refractivity contribution in [2.24, 2.45) is 27.6 Å². The summed E-state index contributed by atoms with van der Waals surface area (Å²) in [6.45, 7) is 11.6. The van der Waals surface area contributed by atoms with Gasteiger partial charge in [-0.3, -0.25) is 4.79 Å². The molecule has 5 nitrogen and oxygen atoms in total. The quantitative estimate of drug-likeness (QED) is 0.348. The largest absolute Gasteiger partial charge is 0.409 e. The van der Waals surface area contributed by atoms with Gasteiger partial charge in [0.25, 0.3) is 0 Å². The van der Waals surface area contributed by atoms with E-state index in [2.05, 4.69) is 25.9 Å². The summed E-state index contributed by atoms with van der Waals surface area (Å²) in [6, 6.07) is 0. The van der Waals surface area contributed by atoms with Gasteiger partial charge in [0, 0.05) is 13.1 Å². The maximum absolute atomic E-state index is 12.4. The summed E-state index contributed by atoms with van der Waals surface area (Å²) in [4.78, 5) is 14.3. The molecule has 0 aliphatic carbocycles. The summed E-state index contributed by atoms with van der Waals surface area (Å²) >= 11 is 0. The predicted octanol–water partition coefficient (Wildman–Crippen LogP) is 2.04. The highest BCUT2D eigenvalue weighted by Crippen LogP contribution is 2.35. The number of nitrogens with two attached hydrogens (primary N) is 1. The molecule has 0 aromatic heterocycles. The lowest BCUT2D eigenvalue weighted by Gasteiger charge is -2.40. The third-order valence-corrected chi connectivity index (χ3v) is 4.29. The number of hydrogen-bond donors (Lipinski definition) is 2. The standard InChI is InChI=1S/C14H27N3O2/c1-13(2,3)10-6-8-17(9-7-10)12(18)14(4,5)11(15)16-19/h10,19H,6-9H2,1-5H3,(H2,15,16). The van der Waals surface area contributed by atoms with Crippen LogP contribution in [0.2, 0.25) is 0 Å². The van der Waals surface area contributed by atoms with Crippen molar-refractivity contribution < 1.29 is 10.0 Å². The molecule has 1 rings (SSSR count). The number of carbonyl (C=O) groups is 1. The first-order valence-corrected chi connectivity index (χ1v) is 6.88. The van der Waals surface area contributed by atoms with Gasteiger partial charge in [0.1, 0.15) is 5.41 Å². The van der Waals surface area contributed by atoms with E-state index >= 15 is 0 Å². The van der Waals surface area contributed by atoms with Crippen molar-refractivity contribution in [3.05, 3.63) is 0 Å². The van der Waals surface area contributed by atoms with Crippen LogP contribution in [0.1, 0.15) is 47.5 Å². The first kappa shape index (κ1) is 15.8. The zero-order chi connectivity index (χ0) is 14.8. The van der Waals surface area contributed by atoms with Crippen molar-refractivity contribution >= 4 is 11.7 Å². The molecule has 0 unspecified atom stereocenters. The fourth-order valence-electron chi connectivity index (χ4n) is 2.58. The smallest absolute Gasteiger partial charge is 0.235 e. The Morgan fingerprint density at radius 3 is 2.05 bits per heavy atom. The summed E-state index contributed by atoms with van der Waals surface area (Å²) in [7, 11) is 0. The van der Waals surface area contributed by atoms with Crippen molar-refractivity contribution in [1.29, 1.82) is 0 Å². The van der Waals surface area contributed by atoms with Gasteiger partial charge >= 0.3 is 0 Å². The van der Waals surface area contributed by atoms with E-state index in [-0.39, 0.29) is 17.2 Å². The van der Waals surface area contributed by atoms with Crippen LogP contribution < -0.4 is 5.73 Å². The van der Waals surface area contributed by atoms with Crippen molar-refractivity contribution in [2.45, 2.75) is 47.5 Å². The highest BCUT2D eigenvalue weighted by atomic mass is 16.4. The second-order valence-corrected chi connectivity index (χ2v) is 7.04. The Balaban J connectivity index is 2.69. The Kier molecular flexibility index (Phi) is 4.48. The van der Waals surface area contributed by atoms with Gasteiger partial charge in [-0.15, -0.1) is 0 Å². The van der Waals surface area contributed by atoms with E-state index < -0.39 is 5.41 Å². The molecule has 0 saturated carbocycles. The van der Waals surface area contributed by atoms with E-state index in [1.54, 1.807) is 13.8 Å². The molecule has 19 heavy (non-hydrogen) atoms. The maximum atomic E-state index is 12.4. The van der Waals surface area contributed by atoms with E-state index in [1.807, 2.05) is 4.90 Å². The maximum Gasteiger partial charge on any atom is 0.235 e. The summed E-state index contributed by atoms with van der Waals surface area (Å²) in [6.07, 6.45) is 2.03. The number of oxime groups is 1. The lowest BCUT2D eigenvalue weighted by Crippen LogP contribution is -2.51. The fourth-order valence-corrected chi connectivity index (χ4v) is 2.58. The molecule has 1 heterocycles. The second-order valence-electron chi connectivity index (χ2n) is 7.04. The number of amides is 1.